The molecule has 0 spiro atoms. The largest absolute Gasteiger partial charge is 0.496 e. The zero-order valence-corrected chi connectivity index (χ0v) is 11.9. The summed E-state index contributed by atoms with van der Waals surface area (Å²) in [5.41, 5.74) is -1.36. The molecule has 0 N–H and O–H groups in total. The van der Waals surface area contributed by atoms with Gasteiger partial charge in [-0.05, 0) is 36.8 Å². The molecule has 0 saturated carbocycles. The highest BCUT2D eigenvalue weighted by atomic mass is 19.4. The first-order valence-electron chi connectivity index (χ1n) is 6.36. The molecule has 0 atom stereocenters. The van der Waals surface area contributed by atoms with Crippen LogP contribution in [0.15, 0.2) is 42.5 Å². The third-order valence-electron chi connectivity index (χ3n) is 3.11. The van der Waals surface area contributed by atoms with Crippen LogP contribution in [0.4, 0.5) is 13.2 Å². The van der Waals surface area contributed by atoms with Crippen molar-refractivity contribution in [1.29, 1.82) is 0 Å². The number of rotatable bonds is 3. The van der Waals surface area contributed by atoms with E-state index in [1.165, 1.54) is 26.2 Å². The quantitative estimate of drug-likeness (QED) is 0.628. The van der Waals surface area contributed by atoms with E-state index in [1.54, 1.807) is 18.2 Å². The van der Waals surface area contributed by atoms with Gasteiger partial charge in [-0.15, -0.1) is 0 Å². The van der Waals surface area contributed by atoms with E-state index in [1.807, 2.05) is 0 Å². The van der Waals surface area contributed by atoms with Crippen LogP contribution in [0.5, 0.6) is 11.5 Å². The molecule has 116 valence electrons. The zero-order chi connectivity index (χ0) is 16.3. The molecule has 2 aromatic rings. The summed E-state index contributed by atoms with van der Waals surface area (Å²) in [5.74, 6) is -0.621. The van der Waals surface area contributed by atoms with E-state index in [9.17, 15) is 18.0 Å². The van der Waals surface area contributed by atoms with Crippen LogP contribution >= 0.6 is 0 Å². The Kier molecular flexibility index (Phi) is 4.40. The Morgan fingerprint density at radius 1 is 1.05 bits per heavy atom. The van der Waals surface area contributed by atoms with E-state index < -0.39 is 17.7 Å². The van der Waals surface area contributed by atoms with Crippen LogP contribution in [0.2, 0.25) is 0 Å². The van der Waals surface area contributed by atoms with E-state index in [2.05, 4.69) is 0 Å². The van der Waals surface area contributed by atoms with Crippen LogP contribution in [0.3, 0.4) is 0 Å². The standard InChI is InChI=1S/C16H13F3O3/c1-10-12(16(17,18)19)8-9-13(21-2)14(10)15(20)22-11-6-4-3-5-7-11/h3-9H,1-2H3. The first-order valence-corrected chi connectivity index (χ1v) is 6.36. The van der Waals surface area contributed by atoms with Crippen molar-refractivity contribution in [3.63, 3.8) is 0 Å². The maximum Gasteiger partial charge on any atom is 0.416 e. The molecule has 2 aromatic carbocycles. The summed E-state index contributed by atoms with van der Waals surface area (Å²) in [6.45, 7) is 1.22. The average molecular weight is 310 g/mol. The van der Waals surface area contributed by atoms with Crippen molar-refractivity contribution in [2.24, 2.45) is 0 Å². The summed E-state index contributed by atoms with van der Waals surface area (Å²) in [5, 5.41) is 0. The SMILES string of the molecule is COc1ccc(C(F)(F)F)c(C)c1C(=O)Oc1ccccc1. The summed E-state index contributed by atoms with van der Waals surface area (Å²) >= 11 is 0. The molecule has 0 unspecified atom stereocenters. The molecule has 0 heterocycles. The van der Waals surface area contributed by atoms with Crippen molar-refractivity contribution in [2.45, 2.75) is 13.1 Å². The molecule has 0 aliphatic heterocycles. The van der Waals surface area contributed by atoms with Gasteiger partial charge in [0.2, 0.25) is 0 Å². The first-order chi connectivity index (χ1) is 10.3. The minimum Gasteiger partial charge on any atom is -0.496 e. The van der Waals surface area contributed by atoms with E-state index in [-0.39, 0.29) is 22.6 Å². The Bertz CT molecular complexity index is 679. The van der Waals surface area contributed by atoms with Crippen molar-refractivity contribution in [1.82, 2.24) is 0 Å². The molecule has 0 radical (unpaired) electrons. The number of carbonyl (C=O) groups excluding carboxylic acids is 1. The minimum atomic E-state index is -4.56. The van der Waals surface area contributed by atoms with Crippen LogP contribution < -0.4 is 9.47 Å². The number of esters is 1. The van der Waals surface area contributed by atoms with Crippen molar-refractivity contribution in [3.8, 4) is 11.5 Å². The molecule has 0 aliphatic carbocycles. The molecule has 0 fully saturated rings. The maximum atomic E-state index is 13.0. The van der Waals surface area contributed by atoms with Gasteiger partial charge in [0.15, 0.2) is 0 Å². The normalized spacial score (nSPS) is 11.1. The predicted molar refractivity (Wildman–Crippen MR) is 74.1 cm³/mol. The second-order valence-electron chi connectivity index (χ2n) is 4.52. The molecule has 0 aliphatic rings. The van der Waals surface area contributed by atoms with Crippen LogP contribution in [0, 0.1) is 6.92 Å². The zero-order valence-electron chi connectivity index (χ0n) is 11.9. The molecule has 6 heteroatoms. The summed E-state index contributed by atoms with van der Waals surface area (Å²) in [4.78, 5) is 12.2. The smallest absolute Gasteiger partial charge is 0.416 e. The lowest BCUT2D eigenvalue weighted by atomic mass is 10.0. The van der Waals surface area contributed by atoms with Crippen molar-refractivity contribution in [3.05, 3.63) is 59.2 Å². The van der Waals surface area contributed by atoms with Crippen LogP contribution in [0.1, 0.15) is 21.5 Å². The Morgan fingerprint density at radius 3 is 2.23 bits per heavy atom. The molecule has 2 rings (SSSR count). The van der Waals surface area contributed by atoms with Gasteiger partial charge in [0.05, 0.1) is 12.7 Å². The third-order valence-corrected chi connectivity index (χ3v) is 3.11. The maximum absolute atomic E-state index is 13.0. The van der Waals surface area contributed by atoms with Crippen molar-refractivity contribution in [2.75, 3.05) is 7.11 Å². The van der Waals surface area contributed by atoms with E-state index in [0.29, 0.717) is 0 Å². The summed E-state index contributed by atoms with van der Waals surface area (Å²) in [7, 11) is 1.28. The van der Waals surface area contributed by atoms with E-state index in [0.717, 1.165) is 12.1 Å². The van der Waals surface area contributed by atoms with Gasteiger partial charge in [0.25, 0.3) is 0 Å². The van der Waals surface area contributed by atoms with Crippen LogP contribution in [0.25, 0.3) is 0 Å². The molecule has 22 heavy (non-hydrogen) atoms. The molecule has 0 bridgehead atoms. The van der Waals surface area contributed by atoms with Gasteiger partial charge in [-0.1, -0.05) is 18.2 Å². The highest BCUT2D eigenvalue weighted by Gasteiger charge is 2.35. The topological polar surface area (TPSA) is 35.5 Å². The molecule has 3 nitrogen and oxygen atoms in total. The van der Waals surface area contributed by atoms with Crippen LogP contribution in [-0.2, 0) is 6.18 Å². The van der Waals surface area contributed by atoms with Gasteiger partial charge in [0, 0.05) is 0 Å². The number of hydrogen-bond donors (Lipinski definition) is 0. The molecule has 0 amide bonds. The number of methoxy groups -OCH3 is 1. The van der Waals surface area contributed by atoms with Gasteiger partial charge in [-0.2, -0.15) is 13.2 Å². The number of halogens is 3. The highest BCUT2D eigenvalue weighted by Crippen LogP contribution is 2.36. The Labute approximate surface area is 125 Å². The number of ether oxygens (including phenoxy) is 2. The summed E-state index contributed by atoms with van der Waals surface area (Å²) in [6.07, 6.45) is -4.56. The summed E-state index contributed by atoms with van der Waals surface area (Å²) < 4.78 is 49.0. The van der Waals surface area contributed by atoms with Gasteiger partial charge in [0.1, 0.15) is 17.1 Å². The van der Waals surface area contributed by atoms with Crippen molar-refractivity contribution >= 4 is 5.97 Å². The fourth-order valence-corrected chi connectivity index (χ4v) is 2.06. The Morgan fingerprint density at radius 2 is 1.68 bits per heavy atom. The summed E-state index contributed by atoms with van der Waals surface area (Å²) in [6, 6.07) is 10.1. The third kappa shape index (κ3) is 3.21. The number of benzene rings is 2. The predicted octanol–water partition coefficient (Wildman–Crippen LogP) is 4.24. The second kappa shape index (κ2) is 6.09. The molecular weight excluding hydrogens is 297 g/mol. The van der Waals surface area contributed by atoms with E-state index in [4.69, 9.17) is 9.47 Å². The fourth-order valence-electron chi connectivity index (χ4n) is 2.06. The number of para-hydroxylation sites is 1. The van der Waals surface area contributed by atoms with Crippen LogP contribution in [-0.4, -0.2) is 13.1 Å². The average Bonchev–Trinajstić information content (AvgIpc) is 2.46. The lowest BCUT2D eigenvalue weighted by Gasteiger charge is -2.16. The van der Waals surface area contributed by atoms with E-state index >= 15 is 0 Å². The highest BCUT2D eigenvalue weighted by molar-refractivity contribution is 5.96. The minimum absolute atomic E-state index is 0.0337. The van der Waals surface area contributed by atoms with Gasteiger partial charge >= 0.3 is 12.1 Å². The monoisotopic (exact) mass is 310 g/mol. The Balaban J connectivity index is 2.46. The second-order valence-corrected chi connectivity index (χ2v) is 4.52. The van der Waals surface area contributed by atoms with Gasteiger partial charge in [-0.3, -0.25) is 0 Å². The molecule has 0 saturated heterocycles. The van der Waals surface area contributed by atoms with Crippen molar-refractivity contribution < 1.29 is 27.4 Å². The molecule has 0 aromatic heterocycles. The lowest BCUT2D eigenvalue weighted by molar-refractivity contribution is -0.138. The number of hydrogen-bond acceptors (Lipinski definition) is 3. The molecular formula is C16H13F3O3. The number of carbonyl (C=O) groups is 1. The fraction of sp³-hybridized carbons (Fsp3) is 0.188. The lowest BCUT2D eigenvalue weighted by Crippen LogP contribution is -2.16. The first kappa shape index (κ1) is 15.9. The number of alkyl halides is 3. The van der Waals surface area contributed by atoms with Gasteiger partial charge in [-0.25, -0.2) is 4.79 Å². The van der Waals surface area contributed by atoms with Gasteiger partial charge < -0.3 is 9.47 Å². The Hall–Kier alpha value is -2.50.